The number of carbonyl (C=O) groups is 1. The summed E-state index contributed by atoms with van der Waals surface area (Å²) in [7, 11) is 2.05. The van der Waals surface area contributed by atoms with Gasteiger partial charge in [0.05, 0.1) is 19.0 Å². The van der Waals surface area contributed by atoms with Crippen LogP contribution in [0.4, 0.5) is 5.69 Å². The minimum Gasteiger partial charge on any atom is -0.327 e. The van der Waals surface area contributed by atoms with Crippen LogP contribution in [0.15, 0.2) is 29.4 Å². The molecule has 0 spiro atoms. The van der Waals surface area contributed by atoms with E-state index in [-0.39, 0.29) is 5.91 Å². The number of fused-ring (bicyclic) bond motifs is 1. The fourth-order valence-electron chi connectivity index (χ4n) is 4.49. The van der Waals surface area contributed by atoms with Gasteiger partial charge in [0.15, 0.2) is 11.7 Å². The average molecular weight is 387 g/mol. The summed E-state index contributed by atoms with van der Waals surface area (Å²) in [5.74, 6) is 1.70. The van der Waals surface area contributed by atoms with E-state index < -0.39 is 0 Å². The van der Waals surface area contributed by atoms with Gasteiger partial charge in [0.1, 0.15) is 5.82 Å². The first kappa shape index (κ1) is 18.5. The molecule has 2 aromatic rings. The number of para-hydroxylation sites is 1. The van der Waals surface area contributed by atoms with E-state index in [9.17, 15) is 4.79 Å². The molecule has 0 radical (unpaired) electrons. The zero-order valence-corrected chi connectivity index (χ0v) is 17.0. The highest BCUT2D eigenvalue weighted by Gasteiger charge is 2.32. The third-order valence-electron chi connectivity index (χ3n) is 5.85. The van der Waals surface area contributed by atoms with Crippen molar-refractivity contribution in [2.45, 2.75) is 36.8 Å². The number of hydrogen-bond acceptors (Lipinski definition) is 4. The molecule has 1 amide bonds. The number of likely N-dealkylation sites (tertiary alicyclic amines) is 1. The molecule has 1 unspecified atom stereocenters. The van der Waals surface area contributed by atoms with Gasteiger partial charge in [0, 0.05) is 19.3 Å². The van der Waals surface area contributed by atoms with Crippen LogP contribution in [0.3, 0.4) is 0 Å². The monoisotopic (exact) mass is 386 g/mol. The van der Waals surface area contributed by atoms with E-state index in [0.29, 0.717) is 12.5 Å². The summed E-state index contributed by atoms with van der Waals surface area (Å²) < 4.78 is 2.11. The number of hydrogen-bond donors (Lipinski definition) is 1. The van der Waals surface area contributed by atoms with Crippen LogP contribution in [-0.2, 0) is 18.3 Å². The number of aromatic nitrogens is 3. The van der Waals surface area contributed by atoms with Crippen LogP contribution in [0.5, 0.6) is 0 Å². The molecule has 1 aromatic heterocycles. The number of anilines is 1. The van der Waals surface area contributed by atoms with Crippen molar-refractivity contribution in [3.8, 4) is 0 Å². The fourth-order valence-corrected chi connectivity index (χ4v) is 4.98. The van der Waals surface area contributed by atoms with Crippen molar-refractivity contribution in [2.75, 3.05) is 37.3 Å². The number of aryl methyl sites for hydroxylation is 1. The van der Waals surface area contributed by atoms with E-state index in [1.165, 1.54) is 10.5 Å². The number of piperidine rings is 1. The Hall–Kier alpha value is -1.86. The maximum Gasteiger partial charge on any atom is 0.282 e. The van der Waals surface area contributed by atoms with Crippen LogP contribution in [0.2, 0.25) is 0 Å². The molecule has 0 aliphatic carbocycles. The van der Waals surface area contributed by atoms with Crippen LogP contribution >= 0.6 is 11.8 Å². The van der Waals surface area contributed by atoms with E-state index in [0.717, 1.165) is 62.0 Å². The van der Waals surface area contributed by atoms with Crippen LogP contribution in [0, 0.1) is 0 Å². The molecule has 144 valence electrons. The van der Waals surface area contributed by atoms with E-state index in [4.69, 9.17) is 0 Å². The van der Waals surface area contributed by atoms with E-state index >= 15 is 0 Å². The minimum absolute atomic E-state index is 0.251. The second-order valence-electron chi connectivity index (χ2n) is 7.60. The first-order valence-electron chi connectivity index (χ1n) is 9.82. The van der Waals surface area contributed by atoms with Gasteiger partial charge < -0.3 is 14.4 Å². The standard InChI is InChI=1S/C20H27N5OS/c1-23-19(21-22-20(23)27-2)16-9-5-11-24(13-16)14-18(26)25-12-6-8-15-7-3-4-10-17(15)25/h3-4,7,10,16H,5-6,8-9,11-14H2,1-2H3/p+1/t16-/m0/s1. The Morgan fingerprint density at radius 1 is 1.30 bits per heavy atom. The lowest BCUT2D eigenvalue weighted by Crippen LogP contribution is -3.14. The van der Waals surface area contributed by atoms with Crippen LogP contribution in [-0.4, -0.2) is 53.1 Å². The zero-order valence-electron chi connectivity index (χ0n) is 16.1. The quantitative estimate of drug-likeness (QED) is 0.805. The highest BCUT2D eigenvalue weighted by Crippen LogP contribution is 2.27. The van der Waals surface area contributed by atoms with Crippen molar-refractivity contribution in [1.82, 2.24) is 14.8 Å². The first-order valence-corrected chi connectivity index (χ1v) is 11.0. The number of rotatable bonds is 4. The Morgan fingerprint density at radius 2 is 2.15 bits per heavy atom. The molecule has 1 saturated heterocycles. The van der Waals surface area contributed by atoms with Gasteiger partial charge in [0.25, 0.3) is 5.91 Å². The topological polar surface area (TPSA) is 55.5 Å². The van der Waals surface area contributed by atoms with Crippen LogP contribution < -0.4 is 9.80 Å². The highest BCUT2D eigenvalue weighted by atomic mass is 32.2. The van der Waals surface area contributed by atoms with Crippen LogP contribution in [0.25, 0.3) is 0 Å². The number of nitrogens with zero attached hydrogens (tertiary/aromatic N) is 4. The van der Waals surface area contributed by atoms with Crippen molar-refractivity contribution < 1.29 is 9.69 Å². The summed E-state index contributed by atoms with van der Waals surface area (Å²) in [5.41, 5.74) is 2.41. The summed E-state index contributed by atoms with van der Waals surface area (Å²) in [5, 5.41) is 9.67. The van der Waals surface area contributed by atoms with Crippen molar-refractivity contribution in [1.29, 1.82) is 0 Å². The van der Waals surface area contributed by atoms with Gasteiger partial charge in [-0.25, -0.2) is 0 Å². The molecule has 27 heavy (non-hydrogen) atoms. The first-order chi connectivity index (χ1) is 13.2. The molecule has 7 heteroatoms. The van der Waals surface area contributed by atoms with Gasteiger partial charge in [-0.3, -0.25) is 4.79 Å². The predicted octanol–water partition coefficient (Wildman–Crippen LogP) is 1.28. The SMILES string of the molecule is CSc1nnc([C@H]2CCC[NH+](CC(=O)N3CCCc4ccccc43)C2)n1C. The van der Waals surface area contributed by atoms with Crippen LogP contribution in [0.1, 0.15) is 36.6 Å². The lowest BCUT2D eigenvalue weighted by atomic mass is 9.97. The second kappa shape index (κ2) is 8.02. The minimum atomic E-state index is 0.251. The molecule has 2 atom stereocenters. The van der Waals surface area contributed by atoms with Gasteiger partial charge in [-0.2, -0.15) is 0 Å². The molecule has 3 heterocycles. The smallest absolute Gasteiger partial charge is 0.282 e. The Bertz CT molecular complexity index is 820. The number of carbonyl (C=O) groups excluding carboxylic acids is 1. The molecule has 6 nitrogen and oxygen atoms in total. The molecule has 2 aliphatic heterocycles. The van der Waals surface area contributed by atoms with Crippen molar-refractivity contribution in [3.05, 3.63) is 35.7 Å². The number of benzene rings is 1. The van der Waals surface area contributed by atoms with Crippen molar-refractivity contribution in [3.63, 3.8) is 0 Å². The Morgan fingerprint density at radius 3 is 2.96 bits per heavy atom. The Kier molecular flexibility index (Phi) is 5.50. The molecule has 2 aliphatic rings. The number of thioether (sulfide) groups is 1. The summed E-state index contributed by atoms with van der Waals surface area (Å²) in [6.45, 7) is 3.43. The van der Waals surface area contributed by atoms with Gasteiger partial charge in [-0.15, -0.1) is 10.2 Å². The molecule has 0 saturated carbocycles. The number of nitrogens with one attached hydrogen (secondary N) is 1. The lowest BCUT2D eigenvalue weighted by molar-refractivity contribution is -0.898. The summed E-state index contributed by atoms with van der Waals surface area (Å²) in [6.07, 6.45) is 6.41. The maximum absolute atomic E-state index is 13.1. The number of quaternary nitrogens is 1. The number of amides is 1. The fraction of sp³-hybridized carbons (Fsp3) is 0.550. The maximum atomic E-state index is 13.1. The average Bonchev–Trinajstić information content (AvgIpc) is 3.08. The molecule has 1 N–H and O–H groups in total. The van der Waals surface area contributed by atoms with E-state index in [1.54, 1.807) is 11.8 Å². The largest absolute Gasteiger partial charge is 0.327 e. The summed E-state index contributed by atoms with van der Waals surface area (Å²) >= 11 is 1.63. The molecular formula is C20H28N5OS+. The lowest BCUT2D eigenvalue weighted by Gasteiger charge is -2.33. The Labute approximate surface area is 164 Å². The zero-order chi connectivity index (χ0) is 18.8. The summed E-state index contributed by atoms with van der Waals surface area (Å²) in [4.78, 5) is 16.4. The van der Waals surface area contributed by atoms with Crippen molar-refractivity contribution >= 4 is 23.4 Å². The van der Waals surface area contributed by atoms with E-state index in [2.05, 4.69) is 33.0 Å². The normalized spacial score (nSPS) is 22.5. The predicted molar refractivity (Wildman–Crippen MR) is 107 cm³/mol. The Balaban J connectivity index is 1.44. The third kappa shape index (κ3) is 3.75. The molecule has 1 fully saturated rings. The third-order valence-corrected chi connectivity index (χ3v) is 6.57. The van der Waals surface area contributed by atoms with Crippen molar-refractivity contribution in [2.24, 2.45) is 7.05 Å². The molecule has 4 rings (SSSR count). The van der Waals surface area contributed by atoms with E-state index in [1.807, 2.05) is 24.3 Å². The van der Waals surface area contributed by atoms with Gasteiger partial charge >= 0.3 is 0 Å². The molecule has 0 bridgehead atoms. The highest BCUT2D eigenvalue weighted by molar-refractivity contribution is 7.98. The molecular weight excluding hydrogens is 358 g/mol. The summed E-state index contributed by atoms with van der Waals surface area (Å²) in [6, 6.07) is 8.34. The second-order valence-corrected chi connectivity index (χ2v) is 8.38. The van der Waals surface area contributed by atoms with Gasteiger partial charge in [-0.1, -0.05) is 30.0 Å². The van der Waals surface area contributed by atoms with Gasteiger partial charge in [0.2, 0.25) is 0 Å². The van der Waals surface area contributed by atoms with Gasteiger partial charge in [-0.05, 0) is 43.6 Å². The molecule has 1 aromatic carbocycles.